The molecule has 4 aromatic rings. The predicted octanol–water partition coefficient (Wildman–Crippen LogP) is 4.51. The Morgan fingerprint density at radius 3 is 2.59 bits per heavy atom. The first-order chi connectivity index (χ1) is 14.1. The van der Waals surface area contributed by atoms with Crippen LogP contribution in [0.4, 0.5) is 0 Å². The highest BCUT2D eigenvalue weighted by Crippen LogP contribution is 2.41. The Balaban J connectivity index is 1.61. The monoisotopic (exact) mass is 404 g/mol. The fourth-order valence-electron chi connectivity index (χ4n) is 4.13. The topological polar surface area (TPSA) is 53.7 Å². The Labute approximate surface area is 174 Å². The summed E-state index contributed by atoms with van der Waals surface area (Å²) in [6, 6.07) is 17.3. The van der Waals surface area contributed by atoms with Crippen LogP contribution in [0.5, 0.6) is 5.88 Å². The third-order valence-corrected chi connectivity index (χ3v) is 6.80. The summed E-state index contributed by atoms with van der Waals surface area (Å²) in [6.45, 7) is 5.94. The average Bonchev–Trinajstić information content (AvgIpc) is 3.29. The lowest BCUT2D eigenvalue weighted by Gasteiger charge is -2.35. The average molecular weight is 405 g/mol. The van der Waals surface area contributed by atoms with E-state index in [1.165, 1.54) is 33.6 Å². The van der Waals surface area contributed by atoms with Gasteiger partial charge in [0.05, 0.1) is 10.9 Å². The van der Waals surface area contributed by atoms with E-state index in [1.54, 1.807) is 4.52 Å². The van der Waals surface area contributed by atoms with E-state index >= 15 is 0 Å². The highest BCUT2D eigenvalue weighted by atomic mass is 32.1. The SMILES string of the molecule is CCc1nc2sc([C@H](c3ccc(C)cc3)N3CCc4ccccc4C3)c(O)n2n1. The third-order valence-electron chi connectivity index (χ3n) is 5.73. The van der Waals surface area contributed by atoms with Gasteiger partial charge in [0.25, 0.3) is 0 Å². The number of thiazole rings is 1. The van der Waals surface area contributed by atoms with Crippen molar-refractivity contribution in [3.8, 4) is 5.88 Å². The van der Waals surface area contributed by atoms with Crippen LogP contribution in [0.25, 0.3) is 4.96 Å². The summed E-state index contributed by atoms with van der Waals surface area (Å²) >= 11 is 1.54. The maximum Gasteiger partial charge on any atom is 0.230 e. The van der Waals surface area contributed by atoms with E-state index in [9.17, 15) is 5.11 Å². The maximum absolute atomic E-state index is 11.1. The number of benzene rings is 2. The van der Waals surface area contributed by atoms with E-state index in [-0.39, 0.29) is 11.9 Å². The first kappa shape index (κ1) is 18.3. The van der Waals surface area contributed by atoms with Gasteiger partial charge in [-0.2, -0.15) is 4.52 Å². The summed E-state index contributed by atoms with van der Waals surface area (Å²) in [5.74, 6) is 0.971. The quantitative estimate of drug-likeness (QED) is 0.544. The Bertz CT molecular complexity index is 1160. The Morgan fingerprint density at radius 1 is 1.10 bits per heavy atom. The van der Waals surface area contributed by atoms with Crippen molar-refractivity contribution in [3.05, 3.63) is 81.5 Å². The second-order valence-electron chi connectivity index (χ2n) is 7.67. The molecule has 0 saturated carbocycles. The third kappa shape index (κ3) is 3.22. The normalized spacial score (nSPS) is 15.5. The van der Waals surface area contributed by atoms with Crippen LogP contribution in [-0.4, -0.2) is 31.1 Å². The molecule has 0 bridgehead atoms. The number of fused-ring (bicyclic) bond motifs is 2. The van der Waals surface area contributed by atoms with E-state index in [0.29, 0.717) is 0 Å². The largest absolute Gasteiger partial charge is 0.492 e. The van der Waals surface area contributed by atoms with E-state index in [4.69, 9.17) is 0 Å². The van der Waals surface area contributed by atoms with E-state index in [1.807, 2.05) is 6.92 Å². The van der Waals surface area contributed by atoms with Crippen molar-refractivity contribution in [1.82, 2.24) is 19.5 Å². The molecule has 29 heavy (non-hydrogen) atoms. The molecule has 0 radical (unpaired) electrons. The molecular formula is C23H24N4OS. The van der Waals surface area contributed by atoms with Gasteiger partial charge in [-0.15, -0.1) is 5.10 Å². The number of rotatable bonds is 4. The van der Waals surface area contributed by atoms with E-state index < -0.39 is 0 Å². The van der Waals surface area contributed by atoms with Gasteiger partial charge < -0.3 is 5.11 Å². The zero-order valence-electron chi connectivity index (χ0n) is 16.7. The van der Waals surface area contributed by atoms with E-state index in [0.717, 1.165) is 41.6 Å². The van der Waals surface area contributed by atoms with Crippen LogP contribution in [0.1, 0.15) is 45.9 Å². The predicted molar refractivity (Wildman–Crippen MR) is 115 cm³/mol. The standard InChI is InChI=1S/C23H24N4OS/c1-3-19-24-23-27(25-19)22(28)21(29-23)20(17-10-8-15(2)9-11-17)26-13-12-16-6-4-5-7-18(16)14-26/h4-11,20,28H,3,12-14H2,1-2H3/t20-/m0/s1. The summed E-state index contributed by atoms with van der Waals surface area (Å²) in [5, 5.41) is 15.5. The van der Waals surface area contributed by atoms with Crippen LogP contribution < -0.4 is 0 Å². The van der Waals surface area contributed by atoms with Crippen LogP contribution >= 0.6 is 11.3 Å². The molecule has 2 aromatic carbocycles. The molecule has 0 aliphatic carbocycles. The second-order valence-corrected chi connectivity index (χ2v) is 8.68. The summed E-state index contributed by atoms with van der Waals surface area (Å²) in [6.07, 6.45) is 1.77. The van der Waals surface area contributed by atoms with Crippen molar-refractivity contribution in [2.24, 2.45) is 0 Å². The molecule has 5 rings (SSSR count). The van der Waals surface area contributed by atoms with Gasteiger partial charge in [0.2, 0.25) is 10.8 Å². The summed E-state index contributed by atoms with van der Waals surface area (Å²) in [5.41, 5.74) is 5.20. The van der Waals surface area contributed by atoms with Crippen LogP contribution in [-0.2, 0) is 19.4 Å². The summed E-state index contributed by atoms with van der Waals surface area (Å²) < 4.78 is 1.60. The van der Waals surface area contributed by atoms with Crippen molar-refractivity contribution in [3.63, 3.8) is 0 Å². The number of aryl methyl sites for hydroxylation is 2. The lowest BCUT2D eigenvalue weighted by atomic mass is 9.95. The van der Waals surface area contributed by atoms with Gasteiger partial charge in [-0.05, 0) is 30.0 Å². The molecule has 5 nitrogen and oxygen atoms in total. The minimum atomic E-state index is -0.0254. The number of hydrogen-bond donors (Lipinski definition) is 1. The fourth-order valence-corrected chi connectivity index (χ4v) is 5.27. The zero-order valence-corrected chi connectivity index (χ0v) is 17.5. The van der Waals surface area contributed by atoms with Crippen molar-refractivity contribution < 1.29 is 5.11 Å². The molecule has 0 spiro atoms. The van der Waals surface area contributed by atoms with Crippen molar-refractivity contribution in [1.29, 1.82) is 0 Å². The molecule has 1 atom stereocenters. The Hall–Kier alpha value is -2.70. The van der Waals surface area contributed by atoms with Gasteiger partial charge >= 0.3 is 0 Å². The molecule has 1 aliphatic heterocycles. The molecule has 0 saturated heterocycles. The molecule has 1 N–H and O–H groups in total. The first-order valence-corrected chi connectivity index (χ1v) is 10.9. The van der Waals surface area contributed by atoms with Crippen LogP contribution in [0.15, 0.2) is 48.5 Å². The second kappa shape index (κ2) is 7.28. The molecule has 6 heteroatoms. The van der Waals surface area contributed by atoms with Gasteiger partial charge in [-0.1, -0.05) is 72.4 Å². The Morgan fingerprint density at radius 2 is 1.86 bits per heavy atom. The smallest absolute Gasteiger partial charge is 0.230 e. The first-order valence-electron chi connectivity index (χ1n) is 10.1. The van der Waals surface area contributed by atoms with Gasteiger partial charge in [0, 0.05) is 19.5 Å². The lowest BCUT2D eigenvalue weighted by molar-refractivity contribution is 0.205. The molecule has 0 amide bonds. The summed E-state index contributed by atoms with van der Waals surface area (Å²) in [7, 11) is 0. The van der Waals surface area contributed by atoms with Gasteiger partial charge in [-0.3, -0.25) is 4.90 Å². The molecule has 0 unspecified atom stereocenters. The van der Waals surface area contributed by atoms with Crippen LogP contribution in [0.2, 0.25) is 0 Å². The van der Waals surface area contributed by atoms with Gasteiger partial charge in [-0.25, -0.2) is 4.98 Å². The number of aromatic hydroxyl groups is 1. The van der Waals surface area contributed by atoms with Crippen molar-refractivity contribution in [2.45, 2.75) is 39.3 Å². The van der Waals surface area contributed by atoms with E-state index in [2.05, 4.69) is 70.4 Å². The van der Waals surface area contributed by atoms with Gasteiger partial charge in [0.15, 0.2) is 5.82 Å². The molecule has 2 aromatic heterocycles. The van der Waals surface area contributed by atoms with Crippen LogP contribution in [0, 0.1) is 6.92 Å². The van der Waals surface area contributed by atoms with Crippen molar-refractivity contribution in [2.75, 3.05) is 6.54 Å². The molecular weight excluding hydrogens is 380 g/mol. The number of nitrogens with zero attached hydrogens (tertiary/aromatic N) is 4. The minimum absolute atomic E-state index is 0.0254. The lowest BCUT2D eigenvalue weighted by Crippen LogP contribution is -2.34. The molecule has 0 fully saturated rings. The highest BCUT2D eigenvalue weighted by Gasteiger charge is 2.31. The Kier molecular flexibility index (Phi) is 4.60. The molecule has 1 aliphatic rings. The van der Waals surface area contributed by atoms with Crippen molar-refractivity contribution >= 4 is 16.3 Å². The maximum atomic E-state index is 11.1. The van der Waals surface area contributed by atoms with Gasteiger partial charge in [0.1, 0.15) is 0 Å². The summed E-state index contributed by atoms with van der Waals surface area (Å²) in [4.78, 5) is 8.69. The molecule has 148 valence electrons. The fraction of sp³-hybridized carbons (Fsp3) is 0.304. The minimum Gasteiger partial charge on any atom is -0.492 e. The van der Waals surface area contributed by atoms with Crippen LogP contribution in [0.3, 0.4) is 0 Å². The molecule has 3 heterocycles. The highest BCUT2D eigenvalue weighted by molar-refractivity contribution is 7.17. The number of aromatic nitrogens is 3. The zero-order chi connectivity index (χ0) is 20.0. The number of hydrogen-bond acceptors (Lipinski definition) is 5.